The van der Waals surface area contributed by atoms with E-state index in [1.54, 1.807) is 0 Å². The van der Waals surface area contributed by atoms with E-state index in [4.69, 9.17) is 32.3 Å². The van der Waals surface area contributed by atoms with Crippen LogP contribution >= 0.6 is 15.6 Å². The maximum absolute atomic E-state index is 13.0. The molecule has 0 aliphatic rings. The van der Waals surface area contributed by atoms with E-state index in [0.29, 0.717) is 19.3 Å². The highest BCUT2D eigenvalue weighted by Gasteiger charge is 2.29. The number of aliphatic hydroxyl groups excluding tert-OH is 2. The fourth-order valence-corrected chi connectivity index (χ4v) is 11.7. The van der Waals surface area contributed by atoms with Crippen LogP contribution < -0.4 is 0 Å². The molecule has 0 saturated carbocycles. The summed E-state index contributed by atoms with van der Waals surface area (Å²) in [6, 6.07) is 0. The second-order valence-electron chi connectivity index (χ2n) is 25.4. The Morgan fingerprint density at radius 1 is 0.293 bits per heavy atom. The summed E-state index contributed by atoms with van der Waals surface area (Å²) < 4.78 is 61.1. The molecule has 0 aromatic carbocycles. The highest BCUT2D eigenvalue weighted by molar-refractivity contribution is 7.47. The zero-order valence-electron chi connectivity index (χ0n) is 61.9. The van der Waals surface area contributed by atoms with E-state index in [0.717, 1.165) is 167 Å². The van der Waals surface area contributed by atoms with Gasteiger partial charge in [0.15, 0.2) is 6.10 Å². The van der Waals surface area contributed by atoms with Gasteiger partial charge in [0.1, 0.15) is 25.4 Å². The third kappa shape index (κ3) is 74.7. The fourth-order valence-electron chi connectivity index (χ4n) is 10.1. The lowest BCUT2D eigenvalue weighted by molar-refractivity contribution is -0.161. The molecule has 0 radical (unpaired) electrons. The maximum atomic E-state index is 13.0. The summed E-state index contributed by atoms with van der Waals surface area (Å²) in [6.07, 6.45) is 87.8. The highest BCUT2D eigenvalue weighted by Crippen LogP contribution is 2.45. The van der Waals surface area contributed by atoms with Crippen molar-refractivity contribution in [2.75, 3.05) is 39.6 Å². The van der Waals surface area contributed by atoms with Gasteiger partial charge >= 0.3 is 33.6 Å². The number of ether oxygens (including phenoxy) is 3. The van der Waals surface area contributed by atoms with E-state index in [1.165, 1.54) is 77.0 Å². The Balaban J connectivity index is 4.58. The molecule has 18 heteroatoms. The predicted octanol–water partition coefficient (Wildman–Crippen LogP) is 22.3. The number of unbranched alkanes of at least 4 members (excludes halogenated alkanes) is 27. The number of hydrogen-bond donors (Lipinski definition) is 4. The van der Waals surface area contributed by atoms with Crippen LogP contribution in [0.5, 0.6) is 0 Å². The Morgan fingerprint density at radius 3 is 0.848 bits per heavy atom. The normalized spacial score (nSPS) is 14.8. The minimum Gasteiger partial charge on any atom is -0.463 e. The lowest BCUT2D eigenvalue weighted by Crippen LogP contribution is -2.30. The largest absolute Gasteiger partial charge is 0.472 e. The molecule has 568 valence electrons. The van der Waals surface area contributed by atoms with Crippen molar-refractivity contribution >= 4 is 33.6 Å². The summed E-state index contributed by atoms with van der Waals surface area (Å²) in [4.78, 5) is 58.6. The monoisotopic (exact) mass is 1430 g/mol. The van der Waals surface area contributed by atoms with Crippen LogP contribution in [0.3, 0.4) is 0 Å². The summed E-state index contributed by atoms with van der Waals surface area (Å²) in [7, 11) is -9.79. The van der Waals surface area contributed by atoms with Crippen LogP contribution in [0.2, 0.25) is 0 Å². The summed E-state index contributed by atoms with van der Waals surface area (Å²) >= 11 is 0. The average Bonchev–Trinajstić information content (AvgIpc) is 1.37. The van der Waals surface area contributed by atoms with Crippen LogP contribution in [0.4, 0.5) is 0 Å². The molecular weight excluding hydrogens is 1290 g/mol. The molecule has 0 bridgehead atoms. The Morgan fingerprint density at radius 2 is 0.535 bits per heavy atom. The van der Waals surface area contributed by atoms with Crippen molar-refractivity contribution in [3.63, 3.8) is 0 Å². The van der Waals surface area contributed by atoms with Gasteiger partial charge in [0.2, 0.25) is 0 Å². The first-order valence-electron chi connectivity index (χ1n) is 38.5. The van der Waals surface area contributed by atoms with Gasteiger partial charge in [0.05, 0.1) is 26.4 Å². The lowest BCUT2D eigenvalue weighted by atomic mass is 10.0. The number of carbonyl (C=O) groups excluding carboxylic acids is 3. The van der Waals surface area contributed by atoms with Crippen LogP contribution in [0, 0.1) is 0 Å². The molecule has 0 saturated heterocycles. The zero-order valence-corrected chi connectivity index (χ0v) is 63.7. The minimum absolute atomic E-state index is 0.104. The molecule has 0 heterocycles. The number of phosphoric ester groups is 2. The van der Waals surface area contributed by atoms with Gasteiger partial charge < -0.3 is 34.2 Å². The van der Waals surface area contributed by atoms with Crippen molar-refractivity contribution in [3.05, 3.63) is 134 Å². The molecule has 0 aromatic heterocycles. The van der Waals surface area contributed by atoms with E-state index >= 15 is 0 Å². The molecule has 16 nitrogen and oxygen atoms in total. The van der Waals surface area contributed by atoms with Crippen LogP contribution in [0.1, 0.15) is 303 Å². The smallest absolute Gasteiger partial charge is 0.463 e. The zero-order chi connectivity index (χ0) is 72.3. The first-order valence-corrected chi connectivity index (χ1v) is 41.5. The van der Waals surface area contributed by atoms with Gasteiger partial charge in [-0.1, -0.05) is 302 Å². The van der Waals surface area contributed by atoms with Gasteiger partial charge in [0, 0.05) is 19.3 Å². The van der Waals surface area contributed by atoms with Gasteiger partial charge in [-0.25, -0.2) is 9.13 Å². The van der Waals surface area contributed by atoms with Gasteiger partial charge in [-0.3, -0.25) is 32.5 Å². The number of phosphoric acid groups is 2. The van der Waals surface area contributed by atoms with Crippen molar-refractivity contribution < 1.29 is 75.8 Å². The highest BCUT2D eigenvalue weighted by atomic mass is 31.2. The minimum atomic E-state index is -4.93. The van der Waals surface area contributed by atoms with E-state index in [1.807, 2.05) is 0 Å². The van der Waals surface area contributed by atoms with Crippen molar-refractivity contribution in [1.82, 2.24) is 0 Å². The second kappa shape index (κ2) is 73.4. The van der Waals surface area contributed by atoms with Crippen LogP contribution in [-0.4, -0.2) is 95.9 Å². The second-order valence-corrected chi connectivity index (χ2v) is 28.3. The fraction of sp³-hybridized carbons (Fsp3) is 0.691. The Kier molecular flexibility index (Phi) is 70.2. The molecule has 5 atom stereocenters. The molecule has 4 N–H and O–H groups in total. The van der Waals surface area contributed by atoms with Crippen molar-refractivity contribution in [1.29, 1.82) is 0 Å². The lowest BCUT2D eigenvalue weighted by Gasteiger charge is -2.21. The Labute approximate surface area is 601 Å². The number of rotatable bonds is 72. The molecule has 0 fully saturated rings. The van der Waals surface area contributed by atoms with Gasteiger partial charge in [-0.15, -0.1) is 0 Å². The van der Waals surface area contributed by atoms with Crippen molar-refractivity contribution in [2.45, 2.75) is 322 Å². The quantitative estimate of drug-likeness (QED) is 0.0146. The Hall–Kier alpha value is -4.31. The average molecular weight is 1430 g/mol. The molecular formula is C81H138O16P2. The summed E-state index contributed by atoms with van der Waals surface area (Å²) in [5, 5.41) is 20.6. The predicted molar refractivity (Wildman–Crippen MR) is 408 cm³/mol. The molecule has 0 aliphatic heterocycles. The SMILES string of the molecule is CC/C=C\C/C=C\C/C=C\C/C=C\C/C=C\C/C=C\CCCCCCCCC(=O)OCC(O)COP(=O)(O)OCC(O)COP(=O)(O)OCC(COC(=O)CCCCCCCCCCC/C=C\C/C=C\C/C=C\C/C=C\C/C=C\CC)OC(=O)CCCCCCCCCCCCCCC. The molecule has 99 heavy (non-hydrogen) atoms. The maximum Gasteiger partial charge on any atom is 0.472 e. The summed E-state index contributed by atoms with van der Waals surface area (Å²) in [5.41, 5.74) is 0. The third-order valence-electron chi connectivity index (χ3n) is 15.9. The van der Waals surface area contributed by atoms with E-state index in [9.17, 15) is 43.5 Å². The van der Waals surface area contributed by atoms with Crippen LogP contribution in [0.25, 0.3) is 0 Å². The Bertz CT molecular complexity index is 2330. The molecule has 0 rings (SSSR count). The standard InChI is InChI=1S/C81H138O16P2/c1-4-7-10-13-16-19-22-25-27-29-31-33-35-37-39-41-43-45-47-50-52-55-58-61-64-67-79(84)91-70-76(82)71-93-98(87,88)94-72-77(83)73-95-99(89,90)96-75-78(97-81(86)69-66-63-60-57-54-49-24-21-18-15-12-9-6-3)74-92-80(85)68-65-62-59-56-53-51-48-46-44-42-40-38-36-34-32-30-28-26-23-20-17-14-11-8-5-2/h7-8,10-11,16-17,19-20,25-28,31-34,37-40,43,45,76-78,82-83H,4-6,9,12-15,18,21-24,29-30,35-36,41-42,44,46-75H2,1-3H3,(H,87,88)(H,89,90)/b10-7-,11-8-,19-16-,20-17-,27-25-,28-26-,33-31-,34-32-,39-37-,40-38-,45-43-. The molecule has 0 aliphatic carbocycles. The number of hydrogen-bond acceptors (Lipinski definition) is 14. The molecule has 0 amide bonds. The number of esters is 3. The first kappa shape index (κ1) is 94.7. The third-order valence-corrected chi connectivity index (χ3v) is 17.8. The number of aliphatic hydroxyl groups is 2. The van der Waals surface area contributed by atoms with Crippen LogP contribution in [-0.2, 0) is 55.8 Å². The molecule has 0 spiro atoms. The summed E-state index contributed by atoms with van der Waals surface area (Å²) in [6.45, 7) is 2.44. The van der Waals surface area contributed by atoms with Gasteiger partial charge in [-0.2, -0.15) is 0 Å². The van der Waals surface area contributed by atoms with E-state index in [-0.39, 0.29) is 19.3 Å². The van der Waals surface area contributed by atoms with E-state index < -0.39 is 91.5 Å². The molecule has 5 unspecified atom stereocenters. The van der Waals surface area contributed by atoms with Gasteiger partial charge in [0.25, 0.3) is 0 Å². The number of allylic oxidation sites excluding steroid dienone is 22. The van der Waals surface area contributed by atoms with Crippen molar-refractivity contribution in [2.24, 2.45) is 0 Å². The van der Waals surface area contributed by atoms with Crippen molar-refractivity contribution in [3.8, 4) is 0 Å². The van der Waals surface area contributed by atoms with Crippen LogP contribution in [0.15, 0.2) is 134 Å². The number of carbonyl (C=O) groups is 3. The van der Waals surface area contributed by atoms with Gasteiger partial charge in [-0.05, 0) is 116 Å². The first-order chi connectivity index (χ1) is 48.2. The van der Waals surface area contributed by atoms with E-state index in [2.05, 4.69) is 154 Å². The topological polar surface area (TPSA) is 231 Å². The molecule has 0 aromatic rings. The summed E-state index contributed by atoms with van der Waals surface area (Å²) in [5.74, 6) is -1.59.